The Bertz CT molecular complexity index is 1070. The molecule has 0 aliphatic carbocycles. The highest BCUT2D eigenvalue weighted by molar-refractivity contribution is 7.89. The number of methoxy groups -OCH3 is 1. The molecule has 1 aromatic carbocycles. The number of rotatable bonds is 6. The molecule has 0 unspecified atom stereocenters. The zero-order valence-corrected chi connectivity index (χ0v) is 17.3. The van der Waals surface area contributed by atoms with E-state index in [0.29, 0.717) is 37.7 Å². The Kier molecular flexibility index (Phi) is 5.77. The van der Waals surface area contributed by atoms with Crippen molar-refractivity contribution in [2.75, 3.05) is 43.5 Å². The Labute approximate surface area is 175 Å². The van der Waals surface area contributed by atoms with E-state index >= 15 is 0 Å². The van der Waals surface area contributed by atoms with Gasteiger partial charge in [0.15, 0.2) is 11.6 Å². The van der Waals surface area contributed by atoms with Crippen LogP contribution in [-0.4, -0.2) is 61.2 Å². The minimum atomic E-state index is -3.53. The summed E-state index contributed by atoms with van der Waals surface area (Å²) in [5.41, 5.74) is 0.879. The lowest BCUT2D eigenvalue weighted by molar-refractivity contribution is 0.383. The van der Waals surface area contributed by atoms with Gasteiger partial charge in [0.25, 0.3) is 0 Å². The third kappa shape index (κ3) is 4.34. The minimum Gasteiger partial charge on any atom is -0.497 e. The molecule has 0 saturated carbocycles. The molecule has 1 saturated heterocycles. The lowest BCUT2D eigenvalue weighted by atomic mass is 10.3. The molecule has 1 fully saturated rings. The number of pyridine rings is 1. The van der Waals surface area contributed by atoms with Gasteiger partial charge in [-0.2, -0.15) is 4.31 Å². The maximum Gasteiger partial charge on any atom is 0.243 e. The van der Waals surface area contributed by atoms with Gasteiger partial charge in [0.05, 0.1) is 12.0 Å². The highest BCUT2D eigenvalue weighted by Gasteiger charge is 2.29. The molecule has 3 heterocycles. The summed E-state index contributed by atoms with van der Waals surface area (Å²) in [5, 5.41) is 11.7. The lowest BCUT2D eigenvalue weighted by Crippen LogP contribution is -2.48. The van der Waals surface area contributed by atoms with E-state index in [1.165, 1.54) is 4.31 Å². The molecular formula is C20H22N6O3S. The van der Waals surface area contributed by atoms with Crippen LogP contribution in [0.25, 0.3) is 0 Å². The van der Waals surface area contributed by atoms with Gasteiger partial charge < -0.3 is 15.0 Å². The molecule has 0 atom stereocenters. The van der Waals surface area contributed by atoms with Crippen LogP contribution in [0, 0.1) is 0 Å². The largest absolute Gasteiger partial charge is 0.497 e. The van der Waals surface area contributed by atoms with E-state index in [0.717, 1.165) is 11.5 Å². The maximum atomic E-state index is 12.9. The van der Waals surface area contributed by atoms with E-state index in [1.807, 2.05) is 29.2 Å². The quantitative estimate of drug-likeness (QED) is 0.640. The van der Waals surface area contributed by atoms with Gasteiger partial charge in [-0.1, -0.05) is 0 Å². The molecular weight excluding hydrogens is 404 g/mol. The Morgan fingerprint density at radius 1 is 0.900 bits per heavy atom. The molecule has 1 aliphatic heterocycles. The van der Waals surface area contributed by atoms with Gasteiger partial charge in [0.1, 0.15) is 5.75 Å². The second kappa shape index (κ2) is 8.64. The van der Waals surface area contributed by atoms with Gasteiger partial charge in [-0.05, 0) is 48.5 Å². The summed E-state index contributed by atoms with van der Waals surface area (Å²) < 4.78 is 32.3. The summed E-state index contributed by atoms with van der Waals surface area (Å²) in [7, 11) is -1.98. The van der Waals surface area contributed by atoms with Crippen LogP contribution in [0.4, 0.5) is 17.3 Å². The first-order valence-electron chi connectivity index (χ1n) is 9.46. The summed E-state index contributed by atoms with van der Waals surface area (Å²) in [6.07, 6.45) is 3.40. The molecule has 3 aromatic rings. The van der Waals surface area contributed by atoms with E-state index in [2.05, 4.69) is 20.5 Å². The van der Waals surface area contributed by atoms with Gasteiger partial charge in [0, 0.05) is 44.3 Å². The van der Waals surface area contributed by atoms with E-state index in [9.17, 15) is 8.42 Å². The SMILES string of the molecule is COc1ccc(S(=O)(=O)N2CCN(c3ccc(Nc4ccncc4)nn3)CC2)cc1. The molecule has 1 N–H and O–H groups in total. The number of hydrogen-bond donors (Lipinski definition) is 1. The number of nitrogens with one attached hydrogen (secondary N) is 1. The highest BCUT2D eigenvalue weighted by atomic mass is 32.2. The first-order valence-corrected chi connectivity index (χ1v) is 10.9. The number of sulfonamides is 1. The average molecular weight is 427 g/mol. The number of benzene rings is 1. The van der Waals surface area contributed by atoms with Crippen molar-refractivity contribution in [2.24, 2.45) is 0 Å². The Morgan fingerprint density at radius 2 is 1.60 bits per heavy atom. The number of ether oxygens (including phenoxy) is 1. The van der Waals surface area contributed by atoms with Crippen molar-refractivity contribution in [3.8, 4) is 5.75 Å². The Hall–Kier alpha value is -3.24. The molecule has 0 amide bonds. The molecule has 4 rings (SSSR count). The molecule has 0 bridgehead atoms. The van der Waals surface area contributed by atoms with Crippen molar-refractivity contribution in [1.29, 1.82) is 0 Å². The van der Waals surface area contributed by atoms with Crippen molar-refractivity contribution in [3.05, 3.63) is 60.9 Å². The zero-order chi connectivity index (χ0) is 21.0. The van der Waals surface area contributed by atoms with E-state index in [4.69, 9.17) is 4.74 Å². The van der Waals surface area contributed by atoms with Crippen molar-refractivity contribution in [3.63, 3.8) is 0 Å². The van der Waals surface area contributed by atoms with Gasteiger partial charge in [0.2, 0.25) is 10.0 Å². The monoisotopic (exact) mass is 426 g/mol. The Morgan fingerprint density at radius 3 is 2.20 bits per heavy atom. The summed E-state index contributed by atoms with van der Waals surface area (Å²) in [5.74, 6) is 1.97. The third-order valence-electron chi connectivity index (χ3n) is 4.86. The summed E-state index contributed by atoms with van der Waals surface area (Å²) in [6.45, 7) is 1.85. The fraction of sp³-hybridized carbons (Fsp3) is 0.250. The predicted molar refractivity (Wildman–Crippen MR) is 114 cm³/mol. The molecule has 156 valence electrons. The van der Waals surface area contributed by atoms with Crippen LogP contribution in [0.1, 0.15) is 0 Å². The van der Waals surface area contributed by atoms with Gasteiger partial charge in [-0.25, -0.2) is 8.42 Å². The molecule has 0 spiro atoms. The summed E-state index contributed by atoms with van der Waals surface area (Å²) >= 11 is 0. The van der Waals surface area contributed by atoms with Crippen LogP contribution in [-0.2, 0) is 10.0 Å². The first kappa shape index (κ1) is 20.0. The van der Waals surface area contributed by atoms with Crippen molar-refractivity contribution < 1.29 is 13.2 Å². The lowest BCUT2D eigenvalue weighted by Gasteiger charge is -2.34. The molecule has 9 nitrogen and oxygen atoms in total. The first-order chi connectivity index (χ1) is 14.6. The number of aromatic nitrogens is 3. The topological polar surface area (TPSA) is 101 Å². The van der Waals surface area contributed by atoms with Crippen molar-refractivity contribution in [1.82, 2.24) is 19.5 Å². The van der Waals surface area contributed by atoms with Crippen LogP contribution in [0.5, 0.6) is 5.75 Å². The molecule has 1 aliphatic rings. The highest BCUT2D eigenvalue weighted by Crippen LogP contribution is 2.22. The second-order valence-corrected chi connectivity index (χ2v) is 8.64. The fourth-order valence-corrected chi connectivity index (χ4v) is 4.62. The summed E-state index contributed by atoms with van der Waals surface area (Å²) in [6, 6.07) is 13.9. The Balaban J connectivity index is 1.38. The third-order valence-corrected chi connectivity index (χ3v) is 6.78. The number of nitrogens with zero attached hydrogens (tertiary/aromatic N) is 5. The van der Waals surface area contributed by atoms with Gasteiger partial charge in [-0.15, -0.1) is 10.2 Å². The number of hydrogen-bond acceptors (Lipinski definition) is 8. The standard InChI is InChI=1S/C20H22N6O3S/c1-29-17-2-4-18(5-3-17)30(27,28)26-14-12-25(13-15-26)20-7-6-19(23-24-20)22-16-8-10-21-11-9-16/h2-11H,12-15H2,1H3,(H,21,22,23). The normalized spacial score (nSPS) is 15.0. The summed E-state index contributed by atoms with van der Waals surface area (Å²) in [4.78, 5) is 6.28. The zero-order valence-electron chi connectivity index (χ0n) is 16.5. The molecule has 30 heavy (non-hydrogen) atoms. The molecule has 10 heteroatoms. The van der Waals surface area contributed by atoms with E-state index < -0.39 is 10.0 Å². The van der Waals surface area contributed by atoms with Gasteiger partial charge in [-0.3, -0.25) is 4.98 Å². The average Bonchev–Trinajstić information content (AvgIpc) is 2.80. The number of anilines is 3. The number of piperazine rings is 1. The maximum absolute atomic E-state index is 12.9. The molecule has 2 aromatic heterocycles. The fourth-order valence-electron chi connectivity index (χ4n) is 3.20. The van der Waals surface area contributed by atoms with Crippen LogP contribution in [0.2, 0.25) is 0 Å². The van der Waals surface area contributed by atoms with Crippen LogP contribution < -0.4 is 15.0 Å². The second-order valence-electron chi connectivity index (χ2n) is 6.70. The van der Waals surface area contributed by atoms with E-state index in [-0.39, 0.29) is 4.90 Å². The van der Waals surface area contributed by atoms with Crippen molar-refractivity contribution >= 4 is 27.3 Å². The van der Waals surface area contributed by atoms with E-state index in [1.54, 1.807) is 43.8 Å². The van der Waals surface area contributed by atoms with Crippen molar-refractivity contribution in [2.45, 2.75) is 4.90 Å². The minimum absolute atomic E-state index is 0.267. The van der Waals surface area contributed by atoms with Crippen LogP contribution in [0.3, 0.4) is 0 Å². The van der Waals surface area contributed by atoms with Gasteiger partial charge >= 0.3 is 0 Å². The predicted octanol–water partition coefficient (Wildman–Crippen LogP) is 2.13. The smallest absolute Gasteiger partial charge is 0.243 e. The van der Waals surface area contributed by atoms with Crippen LogP contribution in [0.15, 0.2) is 65.8 Å². The van der Waals surface area contributed by atoms with Crippen LogP contribution >= 0.6 is 0 Å². The molecule has 0 radical (unpaired) electrons.